The zero-order chi connectivity index (χ0) is 14.4. The molecule has 108 valence electrons. The maximum Gasteiger partial charge on any atom is 0.0749 e. The summed E-state index contributed by atoms with van der Waals surface area (Å²) in [6.07, 6.45) is 4.25. The van der Waals surface area contributed by atoms with Crippen molar-refractivity contribution in [2.24, 2.45) is 0 Å². The highest BCUT2D eigenvalue weighted by molar-refractivity contribution is 5.81. The van der Waals surface area contributed by atoms with E-state index in [-0.39, 0.29) is 0 Å². The Balaban J connectivity index is 2.26. The third-order valence-corrected chi connectivity index (χ3v) is 3.75. The maximum absolute atomic E-state index is 5.36. The number of benzene rings is 1. The molecule has 0 saturated heterocycles. The van der Waals surface area contributed by atoms with Crippen molar-refractivity contribution in [3.63, 3.8) is 0 Å². The van der Waals surface area contributed by atoms with Crippen LogP contribution in [0.2, 0.25) is 0 Å². The minimum absolute atomic E-state index is 0.291. The molecule has 0 aliphatic carbocycles. The number of nitrogens with one attached hydrogen (secondary N) is 1. The molecule has 0 aliphatic rings. The first-order valence-corrected chi connectivity index (χ1v) is 7.36. The molecule has 20 heavy (non-hydrogen) atoms. The van der Waals surface area contributed by atoms with Crippen LogP contribution in [-0.2, 0) is 4.74 Å². The van der Waals surface area contributed by atoms with Crippen LogP contribution in [0.5, 0.6) is 0 Å². The van der Waals surface area contributed by atoms with Gasteiger partial charge in [-0.25, -0.2) is 0 Å². The Hall–Kier alpha value is -1.45. The number of fused-ring (bicyclic) bond motifs is 1. The van der Waals surface area contributed by atoms with Gasteiger partial charge in [-0.15, -0.1) is 0 Å². The average molecular weight is 272 g/mol. The number of pyridine rings is 1. The van der Waals surface area contributed by atoms with E-state index < -0.39 is 0 Å². The van der Waals surface area contributed by atoms with Crippen molar-refractivity contribution in [2.75, 3.05) is 13.7 Å². The topological polar surface area (TPSA) is 34.1 Å². The van der Waals surface area contributed by atoms with Crippen molar-refractivity contribution in [3.8, 4) is 0 Å². The van der Waals surface area contributed by atoms with Crippen molar-refractivity contribution < 1.29 is 4.74 Å². The molecule has 1 aromatic carbocycles. The SMILES string of the molecule is CCNC(CCC(C)OC)c1cccc2cccnc12. The highest BCUT2D eigenvalue weighted by Gasteiger charge is 2.15. The van der Waals surface area contributed by atoms with Gasteiger partial charge in [-0.3, -0.25) is 4.98 Å². The third-order valence-electron chi connectivity index (χ3n) is 3.75. The fraction of sp³-hybridized carbons (Fsp3) is 0.471. The maximum atomic E-state index is 5.36. The van der Waals surface area contributed by atoms with Crippen molar-refractivity contribution in [1.82, 2.24) is 10.3 Å². The van der Waals surface area contributed by atoms with Crippen LogP contribution in [0, 0.1) is 0 Å². The van der Waals surface area contributed by atoms with E-state index in [1.165, 1.54) is 10.9 Å². The summed E-state index contributed by atoms with van der Waals surface area (Å²) < 4.78 is 5.36. The molecule has 2 rings (SSSR count). The molecule has 2 atom stereocenters. The summed E-state index contributed by atoms with van der Waals surface area (Å²) in [5, 5.41) is 4.78. The molecule has 0 amide bonds. The van der Waals surface area contributed by atoms with Gasteiger partial charge in [-0.2, -0.15) is 0 Å². The van der Waals surface area contributed by atoms with Gasteiger partial charge >= 0.3 is 0 Å². The van der Waals surface area contributed by atoms with Gasteiger partial charge in [0.05, 0.1) is 11.6 Å². The second kappa shape index (κ2) is 7.36. The van der Waals surface area contributed by atoms with Gasteiger partial charge in [-0.05, 0) is 37.9 Å². The summed E-state index contributed by atoms with van der Waals surface area (Å²) >= 11 is 0. The summed E-state index contributed by atoms with van der Waals surface area (Å²) in [7, 11) is 1.77. The lowest BCUT2D eigenvalue weighted by atomic mass is 9.97. The van der Waals surface area contributed by atoms with E-state index in [4.69, 9.17) is 4.74 Å². The second-order valence-electron chi connectivity index (χ2n) is 5.16. The lowest BCUT2D eigenvalue weighted by Gasteiger charge is -2.21. The Morgan fingerprint density at radius 2 is 2.00 bits per heavy atom. The van der Waals surface area contributed by atoms with E-state index in [1.807, 2.05) is 12.3 Å². The normalized spacial score (nSPS) is 14.3. The number of nitrogens with zero attached hydrogens (tertiary/aromatic N) is 1. The number of ether oxygens (including phenoxy) is 1. The number of methoxy groups -OCH3 is 1. The zero-order valence-corrected chi connectivity index (χ0v) is 12.6. The van der Waals surface area contributed by atoms with Crippen molar-refractivity contribution >= 4 is 10.9 Å². The van der Waals surface area contributed by atoms with Gasteiger partial charge in [0.1, 0.15) is 0 Å². The molecule has 1 N–H and O–H groups in total. The van der Waals surface area contributed by atoms with Crippen molar-refractivity contribution in [3.05, 3.63) is 42.1 Å². The Morgan fingerprint density at radius 1 is 1.20 bits per heavy atom. The molecular weight excluding hydrogens is 248 g/mol. The third kappa shape index (κ3) is 3.56. The molecule has 1 aromatic heterocycles. The van der Waals surface area contributed by atoms with E-state index in [2.05, 4.69) is 48.4 Å². The summed E-state index contributed by atoms with van der Waals surface area (Å²) in [4.78, 5) is 4.56. The van der Waals surface area contributed by atoms with Crippen LogP contribution in [-0.4, -0.2) is 24.7 Å². The summed E-state index contributed by atoms with van der Waals surface area (Å²) in [5.41, 5.74) is 2.39. The van der Waals surface area contributed by atoms with Gasteiger partial charge in [0.2, 0.25) is 0 Å². The van der Waals surface area contributed by atoms with Crippen LogP contribution in [0.1, 0.15) is 38.3 Å². The molecule has 0 bridgehead atoms. The van der Waals surface area contributed by atoms with Crippen molar-refractivity contribution in [2.45, 2.75) is 38.8 Å². The predicted molar refractivity (Wildman–Crippen MR) is 83.9 cm³/mol. The fourth-order valence-electron chi connectivity index (χ4n) is 2.54. The van der Waals surface area contributed by atoms with E-state index in [0.29, 0.717) is 12.1 Å². The van der Waals surface area contributed by atoms with Gasteiger partial charge in [0, 0.05) is 24.7 Å². The number of para-hydroxylation sites is 1. The highest BCUT2D eigenvalue weighted by Crippen LogP contribution is 2.26. The lowest BCUT2D eigenvalue weighted by molar-refractivity contribution is 0.106. The minimum atomic E-state index is 0.291. The summed E-state index contributed by atoms with van der Waals surface area (Å²) in [6.45, 7) is 5.21. The Labute approximate surface area is 121 Å². The Kier molecular flexibility index (Phi) is 5.50. The molecule has 0 fully saturated rings. The molecule has 0 spiro atoms. The Bertz CT molecular complexity index is 536. The monoisotopic (exact) mass is 272 g/mol. The average Bonchev–Trinajstić information content (AvgIpc) is 2.50. The zero-order valence-electron chi connectivity index (χ0n) is 12.6. The van der Waals surface area contributed by atoms with E-state index >= 15 is 0 Å². The first-order valence-electron chi connectivity index (χ1n) is 7.36. The molecule has 2 unspecified atom stereocenters. The number of rotatable bonds is 7. The van der Waals surface area contributed by atoms with E-state index in [0.717, 1.165) is 24.9 Å². The van der Waals surface area contributed by atoms with Crippen LogP contribution < -0.4 is 5.32 Å². The van der Waals surface area contributed by atoms with E-state index in [1.54, 1.807) is 7.11 Å². The summed E-state index contributed by atoms with van der Waals surface area (Å²) in [6, 6.07) is 10.8. The molecule has 3 heteroatoms. The lowest BCUT2D eigenvalue weighted by Crippen LogP contribution is -2.22. The predicted octanol–water partition coefficient (Wildman–Crippen LogP) is 3.70. The first-order chi connectivity index (χ1) is 9.76. The second-order valence-corrected chi connectivity index (χ2v) is 5.16. The van der Waals surface area contributed by atoms with Crippen LogP contribution >= 0.6 is 0 Å². The van der Waals surface area contributed by atoms with Crippen LogP contribution in [0.15, 0.2) is 36.5 Å². The van der Waals surface area contributed by atoms with Crippen LogP contribution in [0.25, 0.3) is 10.9 Å². The van der Waals surface area contributed by atoms with E-state index in [9.17, 15) is 0 Å². The first kappa shape index (κ1) is 14.9. The smallest absolute Gasteiger partial charge is 0.0749 e. The van der Waals surface area contributed by atoms with Gasteiger partial charge in [0.15, 0.2) is 0 Å². The summed E-state index contributed by atoms with van der Waals surface area (Å²) in [5.74, 6) is 0. The van der Waals surface area contributed by atoms with Crippen LogP contribution in [0.4, 0.5) is 0 Å². The molecule has 0 aliphatic heterocycles. The van der Waals surface area contributed by atoms with Crippen molar-refractivity contribution in [1.29, 1.82) is 0 Å². The molecule has 0 radical (unpaired) electrons. The van der Waals surface area contributed by atoms with Crippen LogP contribution in [0.3, 0.4) is 0 Å². The van der Waals surface area contributed by atoms with Gasteiger partial charge in [-0.1, -0.05) is 31.2 Å². The Morgan fingerprint density at radius 3 is 2.75 bits per heavy atom. The standard InChI is InChI=1S/C17H24N2O/c1-4-18-16(11-10-13(2)20-3)15-9-5-7-14-8-6-12-19-17(14)15/h5-9,12-13,16,18H,4,10-11H2,1-3H3. The molecule has 1 heterocycles. The highest BCUT2D eigenvalue weighted by atomic mass is 16.5. The largest absolute Gasteiger partial charge is 0.382 e. The number of hydrogen-bond acceptors (Lipinski definition) is 3. The molecule has 2 aromatic rings. The molecular formula is C17H24N2O. The van der Waals surface area contributed by atoms with Gasteiger partial charge < -0.3 is 10.1 Å². The number of aromatic nitrogens is 1. The molecule has 3 nitrogen and oxygen atoms in total. The molecule has 0 saturated carbocycles. The fourth-order valence-corrected chi connectivity index (χ4v) is 2.54. The number of hydrogen-bond donors (Lipinski definition) is 1. The quantitative estimate of drug-likeness (QED) is 0.834. The van der Waals surface area contributed by atoms with Gasteiger partial charge in [0.25, 0.3) is 0 Å². The minimum Gasteiger partial charge on any atom is -0.382 e.